The summed E-state index contributed by atoms with van der Waals surface area (Å²) in [7, 11) is 0. The van der Waals surface area contributed by atoms with Crippen LogP contribution in [0.1, 0.15) is 58.3 Å². The summed E-state index contributed by atoms with van der Waals surface area (Å²) in [5, 5.41) is 0. The highest BCUT2D eigenvalue weighted by Crippen LogP contribution is 2.28. The molecule has 0 aromatic heterocycles. The maximum atomic E-state index is 5.82. The predicted molar refractivity (Wildman–Crippen MR) is 74.0 cm³/mol. The Labute approximate surface area is 107 Å². The normalized spacial score (nSPS) is 32.8. The highest BCUT2D eigenvalue weighted by Gasteiger charge is 2.25. The van der Waals surface area contributed by atoms with E-state index in [4.69, 9.17) is 5.73 Å². The molecule has 2 fully saturated rings. The summed E-state index contributed by atoms with van der Waals surface area (Å²) in [5.41, 5.74) is 5.82. The lowest BCUT2D eigenvalue weighted by Gasteiger charge is -2.38. The zero-order valence-corrected chi connectivity index (χ0v) is 11.5. The van der Waals surface area contributed by atoms with Crippen LogP contribution in [0.3, 0.4) is 0 Å². The minimum Gasteiger partial charge on any atom is -0.330 e. The van der Waals surface area contributed by atoms with Gasteiger partial charge in [0, 0.05) is 12.6 Å². The molecule has 1 saturated heterocycles. The Morgan fingerprint density at radius 2 is 1.76 bits per heavy atom. The minimum atomic E-state index is 0.762. The molecule has 2 rings (SSSR count). The van der Waals surface area contributed by atoms with Crippen molar-refractivity contribution in [1.82, 2.24) is 4.90 Å². The molecule has 2 N–H and O–H groups in total. The van der Waals surface area contributed by atoms with Crippen LogP contribution in [0.15, 0.2) is 0 Å². The minimum absolute atomic E-state index is 0.762. The first-order chi connectivity index (χ1) is 8.29. The van der Waals surface area contributed by atoms with Gasteiger partial charge in [0.2, 0.25) is 0 Å². The monoisotopic (exact) mass is 238 g/mol. The Morgan fingerprint density at radius 1 is 1.00 bits per heavy atom. The maximum Gasteiger partial charge on any atom is 0.00671 e. The van der Waals surface area contributed by atoms with E-state index in [-0.39, 0.29) is 0 Å². The molecule has 1 saturated carbocycles. The molecule has 1 aliphatic heterocycles. The number of hydrogen-bond donors (Lipinski definition) is 1. The molecule has 2 heteroatoms. The smallest absolute Gasteiger partial charge is 0.00671 e. The Hall–Kier alpha value is -0.0800. The molecule has 0 radical (unpaired) electrons. The van der Waals surface area contributed by atoms with Gasteiger partial charge in [-0.1, -0.05) is 32.1 Å². The first-order valence-corrected chi connectivity index (χ1v) is 7.73. The van der Waals surface area contributed by atoms with Crippen LogP contribution in [0.4, 0.5) is 0 Å². The average molecular weight is 238 g/mol. The second kappa shape index (κ2) is 6.75. The molecule has 0 amide bonds. The molecule has 1 heterocycles. The highest BCUT2D eigenvalue weighted by molar-refractivity contribution is 4.80. The van der Waals surface area contributed by atoms with Crippen LogP contribution < -0.4 is 5.73 Å². The molecule has 2 unspecified atom stereocenters. The van der Waals surface area contributed by atoms with Crippen molar-refractivity contribution in [3.63, 3.8) is 0 Å². The van der Waals surface area contributed by atoms with Gasteiger partial charge in [-0.25, -0.2) is 0 Å². The third kappa shape index (κ3) is 3.96. The van der Waals surface area contributed by atoms with Gasteiger partial charge in [0.15, 0.2) is 0 Å². The Balaban J connectivity index is 1.72. The standard InChI is InChI=1S/C15H30N2/c1-13-7-8-15(11-16)12-17(13)10-9-14-5-3-2-4-6-14/h13-15H,2-12,16H2,1H3. The molecule has 2 nitrogen and oxygen atoms in total. The second-order valence-electron chi connectivity index (χ2n) is 6.32. The van der Waals surface area contributed by atoms with Crippen molar-refractivity contribution in [3.8, 4) is 0 Å². The van der Waals surface area contributed by atoms with Gasteiger partial charge in [0.25, 0.3) is 0 Å². The van der Waals surface area contributed by atoms with E-state index in [1.165, 1.54) is 64.5 Å². The van der Waals surface area contributed by atoms with E-state index in [9.17, 15) is 0 Å². The fourth-order valence-electron chi connectivity index (χ4n) is 3.59. The summed E-state index contributed by atoms with van der Waals surface area (Å²) in [6, 6.07) is 0.793. The molecule has 0 bridgehead atoms. The zero-order valence-electron chi connectivity index (χ0n) is 11.5. The molecule has 2 aliphatic rings. The van der Waals surface area contributed by atoms with Crippen LogP contribution in [0.2, 0.25) is 0 Å². The van der Waals surface area contributed by atoms with Crippen molar-refractivity contribution < 1.29 is 0 Å². The van der Waals surface area contributed by atoms with Gasteiger partial charge in [-0.15, -0.1) is 0 Å². The lowest BCUT2D eigenvalue weighted by Crippen LogP contribution is -2.44. The lowest BCUT2D eigenvalue weighted by atomic mass is 9.86. The Morgan fingerprint density at radius 3 is 2.47 bits per heavy atom. The van der Waals surface area contributed by atoms with Gasteiger partial charge in [-0.3, -0.25) is 0 Å². The van der Waals surface area contributed by atoms with Gasteiger partial charge in [0.05, 0.1) is 0 Å². The van der Waals surface area contributed by atoms with E-state index in [2.05, 4.69) is 11.8 Å². The Kier molecular flexibility index (Phi) is 5.30. The number of nitrogens with zero attached hydrogens (tertiary/aromatic N) is 1. The molecule has 0 aromatic carbocycles. The highest BCUT2D eigenvalue weighted by atomic mass is 15.2. The first kappa shape index (κ1) is 13.4. The quantitative estimate of drug-likeness (QED) is 0.816. The van der Waals surface area contributed by atoms with Crippen molar-refractivity contribution in [3.05, 3.63) is 0 Å². The number of rotatable bonds is 4. The molecule has 0 aromatic rings. The van der Waals surface area contributed by atoms with Crippen LogP contribution in [0.5, 0.6) is 0 Å². The zero-order chi connectivity index (χ0) is 12.1. The van der Waals surface area contributed by atoms with Crippen LogP contribution in [-0.4, -0.2) is 30.6 Å². The van der Waals surface area contributed by atoms with Crippen molar-refractivity contribution in [2.75, 3.05) is 19.6 Å². The third-order valence-electron chi connectivity index (χ3n) is 4.99. The SMILES string of the molecule is CC1CCC(CN)CN1CCC1CCCCC1. The molecular weight excluding hydrogens is 208 g/mol. The largest absolute Gasteiger partial charge is 0.330 e. The van der Waals surface area contributed by atoms with E-state index in [1.54, 1.807) is 0 Å². The fraction of sp³-hybridized carbons (Fsp3) is 1.00. The van der Waals surface area contributed by atoms with E-state index in [0.29, 0.717) is 0 Å². The number of hydrogen-bond acceptors (Lipinski definition) is 2. The van der Waals surface area contributed by atoms with Crippen molar-refractivity contribution in [1.29, 1.82) is 0 Å². The number of likely N-dealkylation sites (tertiary alicyclic amines) is 1. The van der Waals surface area contributed by atoms with E-state index < -0.39 is 0 Å². The molecule has 1 aliphatic carbocycles. The molecule has 0 spiro atoms. The average Bonchev–Trinajstić information content (AvgIpc) is 2.39. The molecule has 2 atom stereocenters. The van der Waals surface area contributed by atoms with Gasteiger partial charge in [0.1, 0.15) is 0 Å². The van der Waals surface area contributed by atoms with Crippen molar-refractivity contribution in [2.45, 2.75) is 64.3 Å². The van der Waals surface area contributed by atoms with E-state index >= 15 is 0 Å². The predicted octanol–water partition coefficient (Wildman–Crippen LogP) is 3.02. The second-order valence-corrected chi connectivity index (χ2v) is 6.32. The summed E-state index contributed by atoms with van der Waals surface area (Å²) in [6.45, 7) is 5.85. The maximum absolute atomic E-state index is 5.82. The van der Waals surface area contributed by atoms with Crippen LogP contribution in [0, 0.1) is 11.8 Å². The van der Waals surface area contributed by atoms with Crippen LogP contribution in [-0.2, 0) is 0 Å². The first-order valence-electron chi connectivity index (χ1n) is 7.73. The van der Waals surface area contributed by atoms with Gasteiger partial charge in [-0.05, 0) is 51.1 Å². The number of nitrogens with two attached hydrogens (primary N) is 1. The topological polar surface area (TPSA) is 29.3 Å². The van der Waals surface area contributed by atoms with E-state index in [1.807, 2.05) is 0 Å². The molecular formula is C15H30N2. The summed E-state index contributed by atoms with van der Waals surface area (Å²) in [4.78, 5) is 2.70. The van der Waals surface area contributed by atoms with Gasteiger partial charge >= 0.3 is 0 Å². The van der Waals surface area contributed by atoms with Gasteiger partial charge in [-0.2, -0.15) is 0 Å². The van der Waals surface area contributed by atoms with E-state index in [0.717, 1.165) is 24.4 Å². The van der Waals surface area contributed by atoms with Gasteiger partial charge < -0.3 is 10.6 Å². The fourth-order valence-corrected chi connectivity index (χ4v) is 3.59. The Bertz CT molecular complexity index is 211. The third-order valence-corrected chi connectivity index (χ3v) is 4.99. The number of piperidine rings is 1. The lowest BCUT2D eigenvalue weighted by molar-refractivity contribution is 0.110. The van der Waals surface area contributed by atoms with Crippen LogP contribution >= 0.6 is 0 Å². The summed E-state index contributed by atoms with van der Waals surface area (Å²) < 4.78 is 0. The van der Waals surface area contributed by atoms with Crippen LogP contribution in [0.25, 0.3) is 0 Å². The molecule has 17 heavy (non-hydrogen) atoms. The molecule has 100 valence electrons. The summed E-state index contributed by atoms with van der Waals surface area (Å²) in [6.07, 6.45) is 11.5. The summed E-state index contributed by atoms with van der Waals surface area (Å²) in [5.74, 6) is 1.78. The van der Waals surface area contributed by atoms with Crippen molar-refractivity contribution >= 4 is 0 Å². The summed E-state index contributed by atoms with van der Waals surface area (Å²) >= 11 is 0. The van der Waals surface area contributed by atoms with Crippen molar-refractivity contribution in [2.24, 2.45) is 17.6 Å².